The Morgan fingerprint density at radius 1 is 1.10 bits per heavy atom. The maximum atomic E-state index is 6.11. The molecule has 2 aromatic carbocycles. The van der Waals surface area contributed by atoms with E-state index >= 15 is 0 Å². The summed E-state index contributed by atoms with van der Waals surface area (Å²) in [6.45, 7) is 8.06. The molecule has 112 valence electrons. The summed E-state index contributed by atoms with van der Waals surface area (Å²) >= 11 is 6.11. The lowest BCUT2D eigenvalue weighted by molar-refractivity contribution is 0.468. The third-order valence-electron chi connectivity index (χ3n) is 3.54. The van der Waals surface area contributed by atoms with E-state index in [4.69, 9.17) is 16.3 Å². The molecule has 2 rings (SSSR count). The van der Waals surface area contributed by atoms with Gasteiger partial charge in [-0.25, -0.2) is 0 Å². The van der Waals surface area contributed by atoms with Gasteiger partial charge in [-0.2, -0.15) is 0 Å². The number of rotatable bonds is 6. The molecule has 0 bridgehead atoms. The van der Waals surface area contributed by atoms with Gasteiger partial charge in [-0.1, -0.05) is 30.7 Å². The van der Waals surface area contributed by atoms with Crippen LogP contribution in [0.2, 0.25) is 5.02 Å². The Balaban J connectivity index is 2.24. The zero-order chi connectivity index (χ0) is 15.2. The molecule has 0 saturated heterocycles. The second-order valence-electron chi connectivity index (χ2n) is 5.23. The highest BCUT2D eigenvalue weighted by atomic mass is 35.5. The number of hydrogen-bond donors (Lipinski definition) is 1. The lowest BCUT2D eigenvalue weighted by atomic mass is 10.1. The Morgan fingerprint density at radius 3 is 2.67 bits per heavy atom. The summed E-state index contributed by atoms with van der Waals surface area (Å²) < 4.78 is 6.11. The number of aryl methyl sites for hydroxylation is 1. The van der Waals surface area contributed by atoms with Gasteiger partial charge in [0.15, 0.2) is 0 Å². The molecule has 0 saturated carbocycles. The van der Waals surface area contributed by atoms with Crippen LogP contribution in [0.1, 0.15) is 30.0 Å². The van der Waals surface area contributed by atoms with Crippen LogP contribution in [0.4, 0.5) is 0 Å². The van der Waals surface area contributed by atoms with Crippen LogP contribution in [0.15, 0.2) is 36.4 Å². The van der Waals surface area contributed by atoms with Crippen LogP contribution >= 0.6 is 11.6 Å². The van der Waals surface area contributed by atoms with Crippen LogP contribution in [0, 0.1) is 13.8 Å². The number of halogens is 1. The maximum Gasteiger partial charge on any atom is 0.132 e. The van der Waals surface area contributed by atoms with E-state index in [1.54, 1.807) is 0 Å². The summed E-state index contributed by atoms with van der Waals surface area (Å²) in [5.74, 6) is 1.76. The van der Waals surface area contributed by atoms with Crippen LogP contribution in [-0.2, 0) is 6.54 Å². The Morgan fingerprint density at radius 2 is 1.90 bits per heavy atom. The van der Waals surface area contributed by atoms with Crippen molar-refractivity contribution in [2.24, 2.45) is 0 Å². The van der Waals surface area contributed by atoms with Crippen molar-refractivity contribution in [3.8, 4) is 11.5 Å². The lowest BCUT2D eigenvalue weighted by Crippen LogP contribution is -2.14. The van der Waals surface area contributed by atoms with Crippen LogP contribution in [0.5, 0.6) is 11.5 Å². The molecule has 0 unspecified atom stereocenters. The summed E-state index contributed by atoms with van der Waals surface area (Å²) in [6.07, 6.45) is 1.10. The zero-order valence-electron chi connectivity index (χ0n) is 12.9. The first-order valence-corrected chi connectivity index (χ1v) is 7.73. The second kappa shape index (κ2) is 7.48. The molecule has 0 aliphatic rings. The van der Waals surface area contributed by atoms with Crippen molar-refractivity contribution in [3.63, 3.8) is 0 Å². The zero-order valence-corrected chi connectivity index (χ0v) is 13.6. The fourth-order valence-electron chi connectivity index (χ4n) is 2.14. The molecule has 0 fully saturated rings. The number of hydrogen-bond acceptors (Lipinski definition) is 2. The standard InChI is InChI=1S/C18H22ClNO/c1-4-10-20-12-15-11-16(19)8-9-18(15)21-17-7-5-6-13(2)14(17)3/h5-9,11,20H,4,10,12H2,1-3H3. The van der Waals surface area contributed by atoms with Gasteiger partial charge < -0.3 is 10.1 Å². The van der Waals surface area contributed by atoms with Crippen molar-refractivity contribution >= 4 is 11.6 Å². The molecule has 0 atom stereocenters. The van der Waals surface area contributed by atoms with E-state index in [-0.39, 0.29) is 0 Å². The molecule has 2 aromatic rings. The maximum absolute atomic E-state index is 6.11. The van der Waals surface area contributed by atoms with E-state index in [2.05, 4.69) is 32.2 Å². The Bertz CT molecular complexity index is 610. The van der Waals surface area contributed by atoms with Crippen LogP contribution in [0.3, 0.4) is 0 Å². The minimum absolute atomic E-state index is 0.733. The quantitative estimate of drug-likeness (QED) is 0.736. The van der Waals surface area contributed by atoms with Crippen molar-refractivity contribution < 1.29 is 4.74 Å². The van der Waals surface area contributed by atoms with Crippen LogP contribution in [0.25, 0.3) is 0 Å². The highest BCUT2D eigenvalue weighted by Gasteiger charge is 2.08. The first-order chi connectivity index (χ1) is 10.1. The molecule has 0 spiro atoms. The van der Waals surface area contributed by atoms with Gasteiger partial charge in [-0.3, -0.25) is 0 Å². The van der Waals surface area contributed by atoms with Gasteiger partial charge in [0, 0.05) is 17.1 Å². The van der Waals surface area contributed by atoms with E-state index in [9.17, 15) is 0 Å². The lowest BCUT2D eigenvalue weighted by Gasteiger charge is -2.14. The van der Waals surface area contributed by atoms with E-state index < -0.39 is 0 Å². The summed E-state index contributed by atoms with van der Waals surface area (Å²) in [7, 11) is 0. The molecular formula is C18H22ClNO. The Kier molecular flexibility index (Phi) is 5.66. The average molecular weight is 304 g/mol. The van der Waals surface area contributed by atoms with Crippen molar-refractivity contribution in [3.05, 3.63) is 58.1 Å². The molecular weight excluding hydrogens is 282 g/mol. The van der Waals surface area contributed by atoms with E-state index in [1.165, 1.54) is 11.1 Å². The molecule has 1 N–H and O–H groups in total. The monoisotopic (exact) mass is 303 g/mol. The topological polar surface area (TPSA) is 21.3 Å². The van der Waals surface area contributed by atoms with Gasteiger partial charge in [0.25, 0.3) is 0 Å². The minimum Gasteiger partial charge on any atom is -0.457 e. The van der Waals surface area contributed by atoms with Gasteiger partial charge in [0.2, 0.25) is 0 Å². The molecule has 0 aliphatic heterocycles. The van der Waals surface area contributed by atoms with Crippen LogP contribution < -0.4 is 10.1 Å². The predicted molar refractivity (Wildman–Crippen MR) is 89.4 cm³/mol. The summed E-state index contributed by atoms with van der Waals surface area (Å²) in [4.78, 5) is 0. The summed E-state index contributed by atoms with van der Waals surface area (Å²) in [6, 6.07) is 11.9. The molecule has 0 aromatic heterocycles. The summed E-state index contributed by atoms with van der Waals surface area (Å²) in [5, 5.41) is 4.13. The normalized spacial score (nSPS) is 10.7. The van der Waals surface area contributed by atoms with Gasteiger partial charge in [-0.15, -0.1) is 0 Å². The van der Waals surface area contributed by atoms with Crippen molar-refractivity contribution in [1.82, 2.24) is 5.32 Å². The van der Waals surface area contributed by atoms with Crippen LogP contribution in [-0.4, -0.2) is 6.54 Å². The smallest absolute Gasteiger partial charge is 0.132 e. The van der Waals surface area contributed by atoms with E-state index in [0.29, 0.717) is 0 Å². The predicted octanol–water partition coefficient (Wildman–Crippen LogP) is 5.25. The third-order valence-corrected chi connectivity index (χ3v) is 3.77. The van der Waals surface area contributed by atoms with Crippen molar-refractivity contribution in [1.29, 1.82) is 0 Å². The van der Waals surface area contributed by atoms with Crippen molar-refractivity contribution in [2.75, 3.05) is 6.54 Å². The van der Waals surface area contributed by atoms with Gasteiger partial charge >= 0.3 is 0 Å². The van der Waals surface area contributed by atoms with Crippen molar-refractivity contribution in [2.45, 2.75) is 33.7 Å². The molecule has 0 amide bonds. The Labute approximate surface area is 132 Å². The molecule has 21 heavy (non-hydrogen) atoms. The summed E-state index contributed by atoms with van der Waals surface area (Å²) in [5.41, 5.74) is 3.48. The Hall–Kier alpha value is -1.51. The molecule has 2 nitrogen and oxygen atoms in total. The highest BCUT2D eigenvalue weighted by Crippen LogP contribution is 2.30. The first-order valence-electron chi connectivity index (χ1n) is 7.35. The fourth-order valence-corrected chi connectivity index (χ4v) is 2.33. The molecule has 0 heterocycles. The number of nitrogens with one attached hydrogen (secondary N) is 1. The number of ether oxygens (including phenoxy) is 1. The molecule has 0 aliphatic carbocycles. The van der Waals surface area contributed by atoms with Gasteiger partial charge in [0.05, 0.1) is 0 Å². The van der Waals surface area contributed by atoms with E-state index in [1.807, 2.05) is 30.3 Å². The number of benzene rings is 2. The highest BCUT2D eigenvalue weighted by molar-refractivity contribution is 6.30. The molecule has 0 radical (unpaired) electrons. The SMILES string of the molecule is CCCNCc1cc(Cl)ccc1Oc1cccc(C)c1C. The molecule has 3 heteroatoms. The second-order valence-corrected chi connectivity index (χ2v) is 5.67. The first kappa shape index (κ1) is 15.9. The van der Waals surface area contributed by atoms with Gasteiger partial charge in [-0.05, 0) is 62.2 Å². The fraction of sp³-hybridized carbons (Fsp3) is 0.333. The average Bonchev–Trinajstić information content (AvgIpc) is 2.46. The van der Waals surface area contributed by atoms with E-state index in [0.717, 1.165) is 41.6 Å². The van der Waals surface area contributed by atoms with Gasteiger partial charge in [0.1, 0.15) is 11.5 Å². The minimum atomic E-state index is 0.733. The largest absolute Gasteiger partial charge is 0.457 e. The third kappa shape index (κ3) is 4.23.